The molecular formula is C16H13Cl2N5OS. The zero-order chi connectivity index (χ0) is 17.8. The molecule has 0 fully saturated rings. The summed E-state index contributed by atoms with van der Waals surface area (Å²) in [5, 5.41) is 12.4. The Kier molecular flexibility index (Phi) is 5.47. The first-order valence-electron chi connectivity index (χ1n) is 7.18. The summed E-state index contributed by atoms with van der Waals surface area (Å²) < 4.78 is 1.32. The Morgan fingerprint density at radius 3 is 2.56 bits per heavy atom. The van der Waals surface area contributed by atoms with E-state index in [9.17, 15) is 4.79 Å². The highest BCUT2D eigenvalue weighted by Gasteiger charge is 2.15. The van der Waals surface area contributed by atoms with Crippen LogP contribution in [0.15, 0.2) is 53.7 Å². The van der Waals surface area contributed by atoms with Crippen LogP contribution in [0.25, 0.3) is 11.4 Å². The van der Waals surface area contributed by atoms with Crippen molar-refractivity contribution in [3.8, 4) is 11.4 Å². The summed E-state index contributed by atoms with van der Waals surface area (Å²) >= 11 is 13.1. The average Bonchev–Trinajstić information content (AvgIpc) is 2.96. The van der Waals surface area contributed by atoms with E-state index in [0.29, 0.717) is 32.3 Å². The van der Waals surface area contributed by atoms with Crippen LogP contribution < -0.4 is 11.2 Å². The number of hydrogen-bond acceptors (Lipinski definition) is 5. The number of anilines is 1. The highest BCUT2D eigenvalue weighted by Crippen LogP contribution is 2.27. The molecule has 0 unspecified atom stereocenters. The van der Waals surface area contributed by atoms with Gasteiger partial charge in [-0.1, -0.05) is 47.1 Å². The lowest BCUT2D eigenvalue weighted by Crippen LogP contribution is -2.16. The molecule has 1 amide bonds. The summed E-state index contributed by atoms with van der Waals surface area (Å²) in [4.78, 5) is 12.0. The monoisotopic (exact) mass is 393 g/mol. The summed E-state index contributed by atoms with van der Waals surface area (Å²) in [7, 11) is 0. The Bertz CT molecular complexity index is 898. The number of benzene rings is 2. The molecule has 3 rings (SSSR count). The van der Waals surface area contributed by atoms with Crippen molar-refractivity contribution in [1.29, 1.82) is 0 Å². The van der Waals surface area contributed by atoms with Gasteiger partial charge in [-0.25, -0.2) is 4.68 Å². The number of aromatic nitrogens is 3. The Morgan fingerprint density at radius 2 is 1.84 bits per heavy atom. The lowest BCUT2D eigenvalue weighted by molar-refractivity contribution is -0.113. The zero-order valence-electron chi connectivity index (χ0n) is 12.8. The van der Waals surface area contributed by atoms with E-state index in [1.807, 2.05) is 12.1 Å². The molecule has 0 saturated carbocycles. The Balaban J connectivity index is 1.65. The van der Waals surface area contributed by atoms with E-state index in [1.165, 1.54) is 16.4 Å². The molecule has 0 aliphatic heterocycles. The molecule has 0 aliphatic rings. The number of carbonyl (C=O) groups excluding carboxylic acids is 1. The largest absolute Gasteiger partial charge is 0.335 e. The minimum absolute atomic E-state index is 0.139. The number of nitrogen functional groups attached to an aromatic ring is 1. The summed E-state index contributed by atoms with van der Waals surface area (Å²) in [6.07, 6.45) is 0. The number of carbonyl (C=O) groups is 1. The normalized spacial score (nSPS) is 10.6. The maximum atomic E-state index is 12.0. The van der Waals surface area contributed by atoms with Crippen molar-refractivity contribution in [3.63, 3.8) is 0 Å². The first-order valence-corrected chi connectivity index (χ1v) is 8.92. The van der Waals surface area contributed by atoms with Crippen molar-refractivity contribution < 1.29 is 4.79 Å². The maximum absolute atomic E-state index is 12.0. The maximum Gasteiger partial charge on any atom is 0.234 e. The van der Waals surface area contributed by atoms with Crippen LogP contribution in [0, 0.1) is 0 Å². The molecule has 2 aromatic carbocycles. The van der Waals surface area contributed by atoms with Gasteiger partial charge < -0.3 is 11.2 Å². The molecule has 0 radical (unpaired) electrons. The first-order chi connectivity index (χ1) is 12.0. The second-order valence-corrected chi connectivity index (χ2v) is 6.79. The van der Waals surface area contributed by atoms with Crippen LogP contribution >= 0.6 is 35.0 Å². The third-order valence-electron chi connectivity index (χ3n) is 3.24. The molecule has 0 bridgehead atoms. The van der Waals surface area contributed by atoms with Crippen LogP contribution in [0.5, 0.6) is 0 Å². The fourth-order valence-electron chi connectivity index (χ4n) is 2.06. The van der Waals surface area contributed by atoms with Gasteiger partial charge in [0, 0.05) is 16.3 Å². The van der Waals surface area contributed by atoms with E-state index in [2.05, 4.69) is 15.5 Å². The number of rotatable bonds is 5. The Hall–Kier alpha value is -2.22. The van der Waals surface area contributed by atoms with Gasteiger partial charge in [0.1, 0.15) is 0 Å². The molecule has 1 heterocycles. The summed E-state index contributed by atoms with van der Waals surface area (Å²) in [6.45, 7) is 0. The molecular weight excluding hydrogens is 381 g/mol. The van der Waals surface area contributed by atoms with Crippen molar-refractivity contribution in [2.75, 3.05) is 16.9 Å². The fraction of sp³-hybridized carbons (Fsp3) is 0.0625. The Morgan fingerprint density at radius 1 is 1.12 bits per heavy atom. The molecule has 1 aromatic heterocycles. The second-order valence-electron chi connectivity index (χ2n) is 5.00. The number of nitrogens with one attached hydrogen (secondary N) is 1. The summed E-state index contributed by atoms with van der Waals surface area (Å²) in [5.74, 6) is 6.42. The second kappa shape index (κ2) is 7.77. The number of hydrogen-bond donors (Lipinski definition) is 2. The van der Waals surface area contributed by atoms with E-state index < -0.39 is 0 Å². The van der Waals surface area contributed by atoms with Crippen molar-refractivity contribution in [3.05, 3.63) is 58.6 Å². The molecule has 9 heteroatoms. The standard InChI is InChI=1S/C16H13Cl2N5OS/c17-10-5-7-11(8-6-10)20-14(24)9-25-16-22-21-15(23(16)19)12-3-1-2-4-13(12)18/h1-8H,9,19H2,(H,20,24). The number of nitrogens with two attached hydrogens (primary N) is 1. The first kappa shape index (κ1) is 17.6. The Labute approximate surface area is 158 Å². The van der Waals surface area contributed by atoms with E-state index in [4.69, 9.17) is 29.0 Å². The smallest absolute Gasteiger partial charge is 0.234 e. The number of thioether (sulfide) groups is 1. The third-order valence-corrected chi connectivity index (χ3v) is 4.76. The van der Waals surface area contributed by atoms with Crippen LogP contribution in [0.1, 0.15) is 0 Å². The molecule has 3 aromatic rings. The van der Waals surface area contributed by atoms with Crippen molar-refractivity contribution in [1.82, 2.24) is 14.9 Å². The zero-order valence-corrected chi connectivity index (χ0v) is 15.1. The van der Waals surface area contributed by atoms with Crippen LogP contribution in [-0.2, 0) is 4.79 Å². The van der Waals surface area contributed by atoms with Gasteiger partial charge in [-0.3, -0.25) is 4.79 Å². The highest BCUT2D eigenvalue weighted by atomic mass is 35.5. The van der Waals surface area contributed by atoms with Gasteiger partial charge in [0.05, 0.1) is 10.8 Å². The topological polar surface area (TPSA) is 85.8 Å². The highest BCUT2D eigenvalue weighted by molar-refractivity contribution is 7.99. The average molecular weight is 394 g/mol. The molecule has 3 N–H and O–H groups in total. The third kappa shape index (κ3) is 4.25. The minimum atomic E-state index is -0.186. The van der Waals surface area contributed by atoms with Crippen molar-refractivity contribution >= 4 is 46.6 Å². The lowest BCUT2D eigenvalue weighted by Gasteiger charge is -2.06. The van der Waals surface area contributed by atoms with E-state index in [0.717, 1.165) is 0 Å². The number of halogens is 2. The van der Waals surface area contributed by atoms with Gasteiger partial charge in [-0.2, -0.15) is 0 Å². The molecule has 0 atom stereocenters. The lowest BCUT2D eigenvalue weighted by atomic mass is 10.2. The predicted molar refractivity (Wildman–Crippen MR) is 101 cm³/mol. The number of nitrogens with zero attached hydrogens (tertiary/aromatic N) is 3. The van der Waals surface area contributed by atoms with Crippen molar-refractivity contribution in [2.45, 2.75) is 5.16 Å². The molecule has 0 aliphatic carbocycles. The predicted octanol–water partition coefficient (Wildman–Crippen LogP) is 3.70. The van der Waals surface area contributed by atoms with Gasteiger partial charge >= 0.3 is 0 Å². The fourth-order valence-corrected chi connectivity index (χ4v) is 3.06. The molecule has 0 saturated heterocycles. The van der Waals surface area contributed by atoms with E-state index in [1.54, 1.807) is 36.4 Å². The molecule has 25 heavy (non-hydrogen) atoms. The minimum Gasteiger partial charge on any atom is -0.335 e. The van der Waals surface area contributed by atoms with Gasteiger partial charge in [0.15, 0.2) is 5.82 Å². The van der Waals surface area contributed by atoms with E-state index in [-0.39, 0.29) is 11.7 Å². The van der Waals surface area contributed by atoms with Gasteiger partial charge in [0.25, 0.3) is 0 Å². The SMILES string of the molecule is Nn1c(SCC(=O)Nc2ccc(Cl)cc2)nnc1-c1ccccc1Cl. The van der Waals surface area contributed by atoms with Crippen molar-refractivity contribution in [2.24, 2.45) is 0 Å². The molecule has 128 valence electrons. The van der Waals surface area contributed by atoms with Crippen LogP contribution in [0.3, 0.4) is 0 Å². The molecule has 0 spiro atoms. The van der Waals surface area contributed by atoms with Gasteiger partial charge in [-0.15, -0.1) is 10.2 Å². The van der Waals surface area contributed by atoms with Crippen LogP contribution in [0.2, 0.25) is 10.0 Å². The molecule has 6 nitrogen and oxygen atoms in total. The van der Waals surface area contributed by atoms with Gasteiger partial charge in [-0.05, 0) is 36.4 Å². The summed E-state index contributed by atoms with van der Waals surface area (Å²) in [6, 6.07) is 14.1. The van der Waals surface area contributed by atoms with Crippen LogP contribution in [0.4, 0.5) is 5.69 Å². The number of amides is 1. The summed E-state index contributed by atoms with van der Waals surface area (Å²) in [5.41, 5.74) is 1.35. The van der Waals surface area contributed by atoms with Crippen LogP contribution in [-0.4, -0.2) is 26.5 Å². The quantitative estimate of drug-likeness (QED) is 0.509. The van der Waals surface area contributed by atoms with E-state index >= 15 is 0 Å². The van der Waals surface area contributed by atoms with Gasteiger partial charge in [0.2, 0.25) is 11.1 Å².